The van der Waals surface area contributed by atoms with E-state index in [9.17, 15) is 24.0 Å². The fraction of sp³-hybridized carbons (Fsp3) is 0.476. The molecule has 1 saturated heterocycles. The Kier molecular flexibility index (Phi) is 9.26. The van der Waals surface area contributed by atoms with E-state index >= 15 is 0 Å². The van der Waals surface area contributed by atoms with Crippen molar-refractivity contribution in [1.29, 1.82) is 0 Å². The monoisotopic (exact) mass is 488 g/mol. The van der Waals surface area contributed by atoms with Gasteiger partial charge in [0.1, 0.15) is 12.6 Å². The van der Waals surface area contributed by atoms with Gasteiger partial charge in [0.15, 0.2) is 0 Å². The zero-order valence-electron chi connectivity index (χ0n) is 18.7. The van der Waals surface area contributed by atoms with Gasteiger partial charge in [-0.2, -0.15) is 0 Å². The fourth-order valence-corrected chi connectivity index (χ4v) is 3.56. The second-order valence-corrected chi connectivity index (χ2v) is 7.46. The number of hydrogen-bond acceptors (Lipinski definition) is 9. The van der Waals surface area contributed by atoms with E-state index in [1.807, 2.05) is 0 Å². The third-order valence-electron chi connectivity index (χ3n) is 5.12. The van der Waals surface area contributed by atoms with E-state index in [4.69, 9.17) is 19.7 Å². The number of ether oxygens (including phenoxy) is 3. The van der Waals surface area contributed by atoms with Crippen molar-refractivity contribution in [2.75, 3.05) is 51.5 Å². The minimum absolute atomic E-state index is 0.0128. The predicted octanol–water partition coefficient (Wildman–Crippen LogP) is 0.386. The molecule has 1 aromatic rings. The van der Waals surface area contributed by atoms with Crippen LogP contribution in [0.3, 0.4) is 0 Å². The summed E-state index contributed by atoms with van der Waals surface area (Å²) in [4.78, 5) is 65.1. The van der Waals surface area contributed by atoms with E-state index < -0.39 is 35.6 Å². The Morgan fingerprint density at radius 3 is 2.51 bits per heavy atom. The molecule has 0 radical (unpaired) electrons. The Morgan fingerprint density at radius 2 is 1.80 bits per heavy atom. The van der Waals surface area contributed by atoms with Crippen LogP contribution < -0.4 is 10.6 Å². The average molecular weight is 488 g/mol. The van der Waals surface area contributed by atoms with Crippen LogP contribution in [0.4, 0.5) is 5.69 Å². The van der Waals surface area contributed by atoms with Gasteiger partial charge < -0.3 is 19.5 Å². The fourth-order valence-electron chi connectivity index (χ4n) is 3.56. The highest BCUT2D eigenvalue weighted by Crippen LogP contribution is 2.32. The number of nitrogens with one attached hydrogen (secondary N) is 2. The first kappa shape index (κ1) is 25.8. The summed E-state index contributed by atoms with van der Waals surface area (Å²) >= 11 is 0. The van der Waals surface area contributed by atoms with Gasteiger partial charge in [0.25, 0.3) is 11.8 Å². The van der Waals surface area contributed by atoms with Crippen LogP contribution in [0, 0.1) is 0 Å². The van der Waals surface area contributed by atoms with Crippen LogP contribution in [0.15, 0.2) is 23.3 Å². The molecule has 1 aromatic carbocycles. The molecule has 186 valence electrons. The molecule has 1 fully saturated rings. The lowest BCUT2D eigenvalue weighted by Gasteiger charge is -2.27. The molecule has 3 rings (SSSR count). The predicted molar refractivity (Wildman–Crippen MR) is 118 cm³/mol. The Bertz CT molecular complexity index is 1050. The van der Waals surface area contributed by atoms with Crippen LogP contribution in [-0.4, -0.2) is 86.7 Å². The number of nitrogens with zero attached hydrogens (tertiary/aromatic N) is 4. The molecule has 5 amide bonds. The van der Waals surface area contributed by atoms with Gasteiger partial charge >= 0.3 is 0 Å². The number of imide groups is 2. The summed E-state index contributed by atoms with van der Waals surface area (Å²) in [6.07, 6.45) is 0.0501. The van der Waals surface area contributed by atoms with Crippen LogP contribution in [0.1, 0.15) is 33.6 Å². The summed E-state index contributed by atoms with van der Waals surface area (Å²) in [6.45, 7) is 1.22. The van der Waals surface area contributed by atoms with Gasteiger partial charge in [-0.1, -0.05) is 11.2 Å². The van der Waals surface area contributed by atoms with Crippen LogP contribution in [0.2, 0.25) is 0 Å². The normalized spacial score (nSPS) is 17.1. The maximum atomic E-state index is 13.0. The minimum Gasteiger partial charge on any atom is -0.379 e. The standard InChI is InChI=1S/C21H24N6O8/c22-26-23-6-7-33-8-9-34-10-11-35-12-17(29)24-14-3-1-2-13-18(14)21(32)27(20(13)31)15-4-5-16(28)25-19(15)30/h1-3,15H,4-12H2,(H,24,29)(H,25,28,30). The topological polar surface area (TPSA) is 189 Å². The summed E-state index contributed by atoms with van der Waals surface area (Å²) in [5, 5.41) is 8.02. The number of anilines is 1. The molecule has 35 heavy (non-hydrogen) atoms. The third-order valence-corrected chi connectivity index (χ3v) is 5.12. The molecule has 2 aliphatic heterocycles. The molecule has 14 heteroatoms. The van der Waals surface area contributed by atoms with Crippen molar-refractivity contribution in [3.63, 3.8) is 0 Å². The Hall–Kier alpha value is -3.84. The number of fused-ring (bicyclic) bond motifs is 1. The Labute approximate surface area is 199 Å². The van der Waals surface area contributed by atoms with Crippen LogP contribution in [0.5, 0.6) is 0 Å². The van der Waals surface area contributed by atoms with E-state index in [0.29, 0.717) is 19.8 Å². The summed E-state index contributed by atoms with van der Waals surface area (Å²) in [7, 11) is 0. The third kappa shape index (κ3) is 6.61. The summed E-state index contributed by atoms with van der Waals surface area (Å²) in [6, 6.07) is 3.33. The molecule has 2 aliphatic rings. The van der Waals surface area contributed by atoms with E-state index in [2.05, 4.69) is 20.7 Å². The van der Waals surface area contributed by atoms with Crippen LogP contribution in [-0.2, 0) is 28.6 Å². The Morgan fingerprint density at radius 1 is 1.09 bits per heavy atom. The van der Waals surface area contributed by atoms with Gasteiger partial charge in [0.05, 0.1) is 49.8 Å². The summed E-state index contributed by atoms with van der Waals surface area (Å²) in [5.41, 5.74) is 8.31. The molecule has 1 unspecified atom stereocenters. The van der Waals surface area contributed by atoms with Gasteiger partial charge in [0.2, 0.25) is 17.7 Å². The van der Waals surface area contributed by atoms with Crippen LogP contribution >= 0.6 is 0 Å². The molecular weight excluding hydrogens is 464 g/mol. The zero-order chi connectivity index (χ0) is 25.2. The first-order valence-corrected chi connectivity index (χ1v) is 10.8. The highest BCUT2D eigenvalue weighted by Gasteiger charge is 2.45. The van der Waals surface area contributed by atoms with Crippen molar-refractivity contribution in [3.05, 3.63) is 39.8 Å². The largest absolute Gasteiger partial charge is 0.379 e. The maximum absolute atomic E-state index is 13.0. The lowest BCUT2D eigenvalue weighted by Crippen LogP contribution is -2.54. The molecule has 0 bridgehead atoms. The minimum atomic E-state index is -1.09. The first-order chi connectivity index (χ1) is 16.9. The van der Waals surface area contributed by atoms with Crippen molar-refractivity contribution < 1.29 is 38.2 Å². The van der Waals surface area contributed by atoms with Gasteiger partial charge in [0, 0.05) is 17.9 Å². The summed E-state index contributed by atoms with van der Waals surface area (Å²) < 4.78 is 15.7. The number of benzene rings is 1. The zero-order valence-corrected chi connectivity index (χ0v) is 18.7. The number of piperidine rings is 1. The highest BCUT2D eigenvalue weighted by molar-refractivity contribution is 6.26. The van der Waals surface area contributed by atoms with Crippen molar-refractivity contribution >= 4 is 35.2 Å². The van der Waals surface area contributed by atoms with Gasteiger partial charge in [-0.25, -0.2) is 0 Å². The average Bonchev–Trinajstić information content (AvgIpc) is 3.08. The Balaban J connectivity index is 1.45. The quantitative estimate of drug-likeness (QED) is 0.131. The van der Waals surface area contributed by atoms with E-state index in [-0.39, 0.29) is 56.0 Å². The summed E-state index contributed by atoms with van der Waals surface area (Å²) in [5.74, 6) is -3.09. The van der Waals surface area contributed by atoms with Gasteiger partial charge in [-0.3, -0.25) is 34.2 Å². The smallest absolute Gasteiger partial charge is 0.264 e. The second-order valence-electron chi connectivity index (χ2n) is 7.46. The van der Waals surface area contributed by atoms with E-state index in [1.54, 1.807) is 0 Å². The number of hydrogen-bond donors (Lipinski definition) is 2. The molecule has 14 nitrogen and oxygen atoms in total. The molecule has 0 saturated carbocycles. The number of amides is 5. The van der Waals surface area contributed by atoms with Crippen molar-refractivity contribution in [2.24, 2.45) is 5.11 Å². The number of carbonyl (C=O) groups excluding carboxylic acids is 5. The molecule has 2 N–H and O–H groups in total. The van der Waals surface area contributed by atoms with Gasteiger partial charge in [-0.15, -0.1) is 0 Å². The number of carbonyl (C=O) groups is 5. The van der Waals surface area contributed by atoms with Crippen molar-refractivity contribution in [1.82, 2.24) is 10.2 Å². The van der Waals surface area contributed by atoms with Crippen molar-refractivity contribution in [3.8, 4) is 0 Å². The maximum Gasteiger partial charge on any atom is 0.264 e. The first-order valence-electron chi connectivity index (χ1n) is 10.8. The molecular formula is C21H24N6O8. The number of azide groups is 1. The van der Waals surface area contributed by atoms with Crippen LogP contribution in [0.25, 0.3) is 10.4 Å². The molecule has 1 atom stereocenters. The van der Waals surface area contributed by atoms with E-state index in [1.165, 1.54) is 18.2 Å². The molecule has 0 aliphatic carbocycles. The molecule has 2 heterocycles. The van der Waals surface area contributed by atoms with E-state index in [0.717, 1.165) is 4.90 Å². The lowest BCUT2D eigenvalue weighted by molar-refractivity contribution is -0.136. The lowest BCUT2D eigenvalue weighted by atomic mass is 10.0. The molecule has 0 aromatic heterocycles. The van der Waals surface area contributed by atoms with Gasteiger partial charge in [-0.05, 0) is 24.1 Å². The molecule has 0 spiro atoms. The number of rotatable bonds is 13. The van der Waals surface area contributed by atoms with Crippen molar-refractivity contribution in [2.45, 2.75) is 18.9 Å². The SMILES string of the molecule is [N-]=[N+]=NCCOCCOCCOCC(=O)Nc1cccc2c1C(=O)N(C1CCC(=O)NC1=O)C2=O. The highest BCUT2D eigenvalue weighted by atomic mass is 16.5. The second kappa shape index (κ2) is 12.6.